The number of phosphoric acid groups is 1. The Morgan fingerprint density at radius 1 is 1.59 bits per heavy atom. The zero-order chi connectivity index (χ0) is 16.5. The Balaban J connectivity index is 2.25. The van der Waals surface area contributed by atoms with E-state index in [0.717, 1.165) is 12.6 Å². The number of aromatic amines is 1. The van der Waals surface area contributed by atoms with Gasteiger partial charge in [-0.1, -0.05) is 0 Å². The highest BCUT2D eigenvalue weighted by molar-refractivity contribution is 7.48. The maximum absolute atomic E-state index is 11.8. The lowest BCUT2D eigenvalue weighted by atomic mass is 10.2. The average Bonchev–Trinajstić information content (AvgIpc) is 2.84. The zero-order valence-corrected chi connectivity index (χ0v) is 12.9. The first-order valence-corrected chi connectivity index (χ1v) is 7.92. The van der Waals surface area contributed by atoms with Gasteiger partial charge in [0.15, 0.2) is 0 Å². The highest BCUT2D eigenvalue weighted by Gasteiger charge is 2.41. The molecule has 12 heteroatoms. The van der Waals surface area contributed by atoms with Crippen molar-refractivity contribution in [1.82, 2.24) is 9.55 Å². The first-order valence-electron chi connectivity index (χ1n) is 6.42. The average molecular weight is 334 g/mol. The normalized spacial score (nSPS) is 27.7. The van der Waals surface area contributed by atoms with Crippen molar-refractivity contribution < 1.29 is 28.3 Å². The van der Waals surface area contributed by atoms with Gasteiger partial charge < -0.3 is 19.2 Å². The van der Waals surface area contributed by atoms with E-state index < -0.39 is 44.1 Å². The predicted octanol–water partition coefficient (Wildman–Crippen LogP) is -1.82. The molecule has 22 heavy (non-hydrogen) atoms. The molecule has 0 bridgehead atoms. The number of nitrogens with one attached hydrogen (secondary N) is 1. The molecule has 0 radical (unpaired) electrons. The zero-order valence-electron chi connectivity index (χ0n) is 12.0. The van der Waals surface area contributed by atoms with Gasteiger partial charge >= 0.3 is 13.5 Å². The van der Waals surface area contributed by atoms with E-state index in [2.05, 4.69) is 9.43 Å². The van der Waals surface area contributed by atoms with Crippen LogP contribution in [0.3, 0.4) is 0 Å². The number of H-pyrrole nitrogens is 1. The van der Waals surface area contributed by atoms with Gasteiger partial charge in [0.1, 0.15) is 18.4 Å². The van der Waals surface area contributed by atoms with Crippen molar-refractivity contribution in [3.63, 3.8) is 0 Å². The molecule has 3 N–H and O–H groups in total. The Labute approximate surface area is 125 Å². The molecule has 1 aliphatic heterocycles. The number of nitrogens with zero attached hydrogens (tertiary/aromatic N) is 1. The molecule has 0 aliphatic carbocycles. The summed E-state index contributed by atoms with van der Waals surface area (Å²) in [4.78, 5) is 34.7. The number of ether oxygens (including phenoxy) is 1. The fourth-order valence-electron chi connectivity index (χ4n) is 2.16. The first kappa shape index (κ1) is 17.1. The van der Waals surface area contributed by atoms with Gasteiger partial charge in [-0.2, -0.15) is 0 Å². The smallest absolute Gasteiger partial charge is 0.394 e. The summed E-state index contributed by atoms with van der Waals surface area (Å²) in [5.74, 6) is 0. The van der Waals surface area contributed by atoms with Crippen LogP contribution in [0.1, 0.15) is 18.2 Å². The Kier molecular flexibility index (Phi) is 5.05. The van der Waals surface area contributed by atoms with Crippen molar-refractivity contribution in [2.75, 3.05) is 6.61 Å². The number of hydrogen-bond donors (Lipinski definition) is 3. The van der Waals surface area contributed by atoms with E-state index in [9.17, 15) is 24.2 Å². The topological polar surface area (TPSA) is 140 Å². The van der Waals surface area contributed by atoms with Crippen LogP contribution in [0, 0.1) is 6.92 Å². The molecule has 1 aromatic heterocycles. The Morgan fingerprint density at radius 3 is 2.86 bits per heavy atom. The standard InChI is InChI=1S/C10H16BN2O8P/c1-5-3-13(10(16)12-9(5)15)8-2-6(7(4-14)19-8)20-22(17,18)21-11/h3,6-8,14H,2,4,11H2,1H3,(H,17,18)(H,12,15,16)/t6-,7?,8-/m0/s1. The second-order valence-electron chi connectivity index (χ2n) is 4.82. The molecule has 0 aromatic carbocycles. The van der Waals surface area contributed by atoms with Crippen molar-refractivity contribution in [3.8, 4) is 0 Å². The largest absolute Gasteiger partial charge is 0.457 e. The molecule has 2 heterocycles. The number of aliphatic hydroxyl groups is 1. The van der Waals surface area contributed by atoms with E-state index in [1.54, 1.807) is 0 Å². The van der Waals surface area contributed by atoms with Crippen LogP contribution in [-0.4, -0.2) is 46.4 Å². The minimum atomic E-state index is -4.26. The molecule has 0 saturated carbocycles. The lowest BCUT2D eigenvalue weighted by molar-refractivity contribution is -0.0449. The molecule has 0 amide bonds. The van der Waals surface area contributed by atoms with Gasteiger partial charge in [0.25, 0.3) is 13.6 Å². The van der Waals surface area contributed by atoms with E-state index in [4.69, 9.17) is 9.26 Å². The van der Waals surface area contributed by atoms with Crippen molar-refractivity contribution in [2.24, 2.45) is 0 Å². The molecule has 1 fully saturated rings. The monoisotopic (exact) mass is 334 g/mol. The van der Waals surface area contributed by atoms with Crippen LogP contribution in [0.25, 0.3) is 0 Å². The van der Waals surface area contributed by atoms with E-state index in [0.29, 0.717) is 5.56 Å². The quantitative estimate of drug-likeness (QED) is 0.422. The van der Waals surface area contributed by atoms with E-state index in [1.807, 2.05) is 0 Å². The summed E-state index contributed by atoms with van der Waals surface area (Å²) >= 11 is 0. The third-order valence-electron chi connectivity index (χ3n) is 3.32. The molecule has 0 spiro atoms. The third kappa shape index (κ3) is 3.57. The van der Waals surface area contributed by atoms with Crippen LogP contribution in [0.5, 0.6) is 0 Å². The Bertz CT molecular complexity index is 703. The molecule has 4 atom stereocenters. The number of rotatable bonds is 5. The van der Waals surface area contributed by atoms with E-state index in [-0.39, 0.29) is 6.42 Å². The van der Waals surface area contributed by atoms with Crippen molar-refractivity contribution >= 4 is 15.9 Å². The van der Waals surface area contributed by atoms with Gasteiger partial charge in [-0.15, -0.1) is 0 Å². The van der Waals surface area contributed by atoms with Gasteiger partial charge in [-0.25, -0.2) is 9.36 Å². The number of aliphatic hydroxyl groups excluding tert-OH is 1. The number of aromatic nitrogens is 2. The van der Waals surface area contributed by atoms with Crippen molar-refractivity contribution in [3.05, 3.63) is 32.6 Å². The van der Waals surface area contributed by atoms with Gasteiger partial charge in [0.05, 0.1) is 6.61 Å². The lowest BCUT2D eigenvalue weighted by Gasteiger charge is -2.18. The van der Waals surface area contributed by atoms with Crippen molar-refractivity contribution in [2.45, 2.75) is 31.8 Å². The Hall–Kier alpha value is -1.23. The highest BCUT2D eigenvalue weighted by Crippen LogP contribution is 2.47. The summed E-state index contributed by atoms with van der Waals surface area (Å²) in [6.45, 7) is 1.05. The van der Waals surface area contributed by atoms with Crippen LogP contribution < -0.4 is 11.2 Å². The maximum atomic E-state index is 11.8. The molecule has 1 aromatic rings. The SMILES string of the molecule is BOP(=O)(O)O[C@H]1C[C@@H](n2cc(C)c(=O)[nH]c2=O)OC1CO. The summed E-state index contributed by atoms with van der Waals surface area (Å²) in [5, 5.41) is 9.28. The highest BCUT2D eigenvalue weighted by atomic mass is 31.2. The predicted molar refractivity (Wildman–Crippen MR) is 76.0 cm³/mol. The van der Waals surface area contributed by atoms with Crippen LogP contribution in [0.4, 0.5) is 0 Å². The summed E-state index contributed by atoms with van der Waals surface area (Å²) < 4.78 is 27.3. The minimum Gasteiger partial charge on any atom is -0.394 e. The number of hydrogen-bond acceptors (Lipinski definition) is 7. The Morgan fingerprint density at radius 2 is 2.27 bits per heavy atom. The summed E-state index contributed by atoms with van der Waals surface area (Å²) in [5.41, 5.74) is -0.889. The van der Waals surface area contributed by atoms with Gasteiger partial charge in [-0.05, 0) is 6.92 Å². The van der Waals surface area contributed by atoms with E-state index >= 15 is 0 Å². The third-order valence-corrected chi connectivity index (χ3v) is 4.31. The van der Waals surface area contributed by atoms with Gasteiger partial charge in [0.2, 0.25) is 0 Å². The van der Waals surface area contributed by atoms with Gasteiger partial charge in [0, 0.05) is 18.2 Å². The van der Waals surface area contributed by atoms with Gasteiger partial charge in [-0.3, -0.25) is 18.9 Å². The maximum Gasteiger partial charge on any atom is 0.457 e. The molecule has 1 aliphatic rings. The van der Waals surface area contributed by atoms with Crippen LogP contribution >= 0.6 is 7.82 Å². The number of aryl methyl sites for hydroxylation is 1. The minimum absolute atomic E-state index is 0.0323. The molecular formula is C10H16BN2O8P. The van der Waals surface area contributed by atoms with Crippen LogP contribution in [0.2, 0.25) is 0 Å². The van der Waals surface area contributed by atoms with Crippen LogP contribution in [-0.2, 0) is 18.3 Å². The molecular weight excluding hydrogens is 318 g/mol. The molecule has 1 saturated heterocycles. The fraction of sp³-hybridized carbons (Fsp3) is 0.600. The summed E-state index contributed by atoms with van der Waals surface area (Å²) in [6, 6.07) is 0. The molecule has 122 valence electrons. The molecule has 2 unspecified atom stereocenters. The summed E-state index contributed by atoms with van der Waals surface area (Å²) in [7, 11) is -3.25. The first-order chi connectivity index (χ1) is 10.3. The number of phosphoric ester groups is 1. The van der Waals surface area contributed by atoms with E-state index in [1.165, 1.54) is 13.1 Å². The second kappa shape index (κ2) is 6.49. The summed E-state index contributed by atoms with van der Waals surface area (Å²) in [6.07, 6.45) is -1.34. The van der Waals surface area contributed by atoms with Crippen molar-refractivity contribution in [1.29, 1.82) is 0 Å². The molecule has 10 nitrogen and oxygen atoms in total. The lowest BCUT2D eigenvalue weighted by Crippen LogP contribution is -2.33. The van der Waals surface area contributed by atoms with Crippen LogP contribution in [0.15, 0.2) is 15.8 Å². The second-order valence-corrected chi connectivity index (χ2v) is 6.33. The fourth-order valence-corrected chi connectivity index (χ4v) is 2.81. The molecule has 2 rings (SSSR count).